The van der Waals surface area contributed by atoms with Crippen LogP contribution >= 0.6 is 0 Å². The van der Waals surface area contributed by atoms with E-state index < -0.39 is 5.97 Å². The summed E-state index contributed by atoms with van der Waals surface area (Å²) in [5.74, 6) is -0.591. The molecule has 0 unspecified atom stereocenters. The molecule has 0 bridgehead atoms. The Bertz CT molecular complexity index is 913. The molecule has 30 heavy (non-hydrogen) atoms. The molecule has 2 heterocycles. The van der Waals surface area contributed by atoms with Gasteiger partial charge in [0.15, 0.2) is 6.61 Å². The molecule has 0 N–H and O–H groups in total. The molecule has 1 saturated heterocycles. The van der Waals surface area contributed by atoms with Gasteiger partial charge in [-0.05, 0) is 24.8 Å². The van der Waals surface area contributed by atoms with Gasteiger partial charge in [-0.2, -0.15) is 4.98 Å². The third kappa shape index (κ3) is 4.13. The molecular weight excluding hydrogens is 386 g/mol. The molecule has 2 atom stereocenters. The molecule has 2 amide bonds. The van der Waals surface area contributed by atoms with Gasteiger partial charge in [-0.3, -0.25) is 19.3 Å². The molecule has 2 fully saturated rings. The average Bonchev–Trinajstić information content (AvgIpc) is 3.35. The molecule has 4 rings (SSSR count). The average molecular weight is 411 g/mol. The molecule has 2 aliphatic rings. The number of aromatic nitrogens is 2. The number of hydrogen-bond acceptors (Lipinski definition) is 7. The molecule has 0 spiro atoms. The highest BCUT2D eigenvalue weighted by atomic mass is 16.6. The highest BCUT2D eigenvalue weighted by Crippen LogP contribution is 2.38. The number of likely N-dealkylation sites (tertiary alicyclic amines) is 1. The lowest BCUT2D eigenvalue weighted by molar-refractivity contribution is -0.147. The Balaban J connectivity index is 1.27. The van der Waals surface area contributed by atoms with Gasteiger partial charge in [0.25, 0.3) is 5.89 Å². The Morgan fingerprint density at radius 3 is 2.43 bits per heavy atom. The first-order valence-corrected chi connectivity index (χ1v) is 10.5. The lowest BCUT2D eigenvalue weighted by Gasteiger charge is -2.19. The maximum Gasteiger partial charge on any atom is 0.308 e. The van der Waals surface area contributed by atoms with E-state index in [2.05, 4.69) is 17.1 Å². The normalized spacial score (nSPS) is 21.0. The first-order chi connectivity index (χ1) is 14.6. The molecule has 1 aromatic heterocycles. The fourth-order valence-electron chi connectivity index (χ4n) is 4.19. The van der Waals surface area contributed by atoms with Crippen molar-refractivity contribution in [1.29, 1.82) is 0 Å². The number of nitrogens with zero attached hydrogens (tertiary/aromatic N) is 3. The van der Waals surface area contributed by atoms with Gasteiger partial charge in [-0.25, -0.2) is 0 Å². The van der Waals surface area contributed by atoms with Crippen molar-refractivity contribution in [3.8, 4) is 11.4 Å². The van der Waals surface area contributed by atoms with Gasteiger partial charge in [0, 0.05) is 12.1 Å². The number of aryl methyl sites for hydroxylation is 1. The number of fused-ring (bicyclic) bond motifs is 1. The third-order valence-corrected chi connectivity index (χ3v) is 5.92. The number of imide groups is 1. The van der Waals surface area contributed by atoms with Gasteiger partial charge < -0.3 is 9.26 Å². The summed E-state index contributed by atoms with van der Waals surface area (Å²) in [5, 5.41) is 3.92. The lowest BCUT2D eigenvalue weighted by atomic mass is 9.81. The van der Waals surface area contributed by atoms with Gasteiger partial charge in [0.1, 0.15) is 0 Å². The van der Waals surface area contributed by atoms with E-state index in [9.17, 15) is 14.4 Å². The van der Waals surface area contributed by atoms with Crippen molar-refractivity contribution in [3.05, 3.63) is 35.7 Å². The molecule has 2 aromatic rings. The topological polar surface area (TPSA) is 103 Å². The highest BCUT2D eigenvalue weighted by molar-refractivity contribution is 6.05. The summed E-state index contributed by atoms with van der Waals surface area (Å²) >= 11 is 0. The number of amides is 2. The van der Waals surface area contributed by atoms with Crippen molar-refractivity contribution >= 4 is 17.8 Å². The fourth-order valence-corrected chi connectivity index (χ4v) is 4.19. The minimum Gasteiger partial charge on any atom is -0.456 e. The number of hydrogen-bond donors (Lipinski definition) is 0. The van der Waals surface area contributed by atoms with Crippen LogP contribution in [-0.2, 0) is 32.1 Å². The summed E-state index contributed by atoms with van der Waals surface area (Å²) in [6, 6.07) is 7.84. The smallest absolute Gasteiger partial charge is 0.308 e. The van der Waals surface area contributed by atoms with E-state index in [1.807, 2.05) is 24.3 Å². The molecule has 0 radical (unpaired) electrons. The number of benzene rings is 1. The number of carbonyl (C=O) groups is 3. The summed E-state index contributed by atoms with van der Waals surface area (Å²) < 4.78 is 10.3. The maximum atomic E-state index is 12.4. The summed E-state index contributed by atoms with van der Waals surface area (Å²) in [6.07, 6.45) is 4.38. The second kappa shape index (κ2) is 8.77. The maximum absolute atomic E-state index is 12.4. The van der Waals surface area contributed by atoms with E-state index in [0.717, 1.165) is 37.7 Å². The molecular formula is C22H25N3O5. The van der Waals surface area contributed by atoms with E-state index in [4.69, 9.17) is 9.26 Å². The van der Waals surface area contributed by atoms with Crippen LogP contribution in [0.1, 0.15) is 50.5 Å². The van der Waals surface area contributed by atoms with Gasteiger partial charge >= 0.3 is 5.97 Å². The molecule has 8 heteroatoms. The van der Waals surface area contributed by atoms with Crippen molar-refractivity contribution in [1.82, 2.24) is 15.0 Å². The predicted molar refractivity (Wildman–Crippen MR) is 106 cm³/mol. The van der Waals surface area contributed by atoms with E-state index in [1.165, 1.54) is 10.5 Å². The molecule has 8 nitrogen and oxygen atoms in total. The van der Waals surface area contributed by atoms with Crippen LogP contribution < -0.4 is 0 Å². The van der Waals surface area contributed by atoms with E-state index >= 15 is 0 Å². The van der Waals surface area contributed by atoms with Crippen LogP contribution in [0, 0.1) is 11.8 Å². The lowest BCUT2D eigenvalue weighted by Crippen LogP contribution is -2.33. The van der Waals surface area contributed by atoms with Gasteiger partial charge in [-0.15, -0.1) is 0 Å². The molecule has 1 aliphatic carbocycles. The second-order valence-corrected chi connectivity index (χ2v) is 7.80. The van der Waals surface area contributed by atoms with Crippen molar-refractivity contribution in [2.45, 2.75) is 52.1 Å². The zero-order valence-electron chi connectivity index (χ0n) is 17.0. The number of ether oxygens (including phenoxy) is 1. The SMILES string of the molecule is CCc1ccc(-c2noc(COC(=O)CCN3C(=O)[C@H]4CCCC[C@H]4C3=O)n2)cc1. The predicted octanol–water partition coefficient (Wildman–Crippen LogP) is 2.91. The number of rotatable bonds is 7. The molecule has 158 valence electrons. The quantitative estimate of drug-likeness (QED) is 0.510. The van der Waals surface area contributed by atoms with Crippen LogP contribution in [0.25, 0.3) is 11.4 Å². The molecule has 1 aromatic carbocycles. The zero-order valence-corrected chi connectivity index (χ0v) is 17.0. The summed E-state index contributed by atoms with van der Waals surface area (Å²) in [5.41, 5.74) is 2.03. The number of carbonyl (C=O) groups excluding carboxylic acids is 3. The number of esters is 1. The fraction of sp³-hybridized carbons (Fsp3) is 0.500. The van der Waals surface area contributed by atoms with Gasteiger partial charge in [0.05, 0.1) is 18.3 Å². The van der Waals surface area contributed by atoms with E-state index in [-0.39, 0.29) is 49.1 Å². The van der Waals surface area contributed by atoms with Gasteiger partial charge in [0.2, 0.25) is 17.6 Å². The summed E-state index contributed by atoms with van der Waals surface area (Å²) in [6.45, 7) is 1.99. The Kier molecular flexibility index (Phi) is 5.92. The Labute approximate surface area is 174 Å². The van der Waals surface area contributed by atoms with Crippen molar-refractivity contribution in [2.75, 3.05) is 6.54 Å². The first kappa shape index (κ1) is 20.3. The van der Waals surface area contributed by atoms with Gasteiger partial charge in [-0.1, -0.05) is 49.2 Å². The molecule has 1 saturated carbocycles. The molecule has 1 aliphatic heterocycles. The highest BCUT2D eigenvalue weighted by Gasteiger charge is 2.47. The standard InChI is InChI=1S/C22H25N3O5/c1-2-14-7-9-15(10-8-14)20-23-18(30-24-20)13-29-19(26)11-12-25-21(27)16-5-3-4-6-17(16)22(25)28/h7-10,16-17H,2-6,11-13H2,1H3/t16-,17+. The first-order valence-electron chi connectivity index (χ1n) is 10.5. The Morgan fingerprint density at radius 2 is 1.80 bits per heavy atom. The van der Waals surface area contributed by atoms with Crippen LogP contribution in [0.5, 0.6) is 0 Å². The Hall–Kier alpha value is -3.03. The van der Waals surface area contributed by atoms with Crippen molar-refractivity contribution in [3.63, 3.8) is 0 Å². The largest absolute Gasteiger partial charge is 0.456 e. The van der Waals surface area contributed by atoms with Crippen LogP contribution in [0.4, 0.5) is 0 Å². The summed E-state index contributed by atoms with van der Waals surface area (Å²) in [7, 11) is 0. The second-order valence-electron chi connectivity index (χ2n) is 7.80. The minimum atomic E-state index is -0.516. The van der Waals surface area contributed by atoms with Crippen molar-refractivity contribution in [2.24, 2.45) is 11.8 Å². The van der Waals surface area contributed by atoms with Crippen LogP contribution in [0.15, 0.2) is 28.8 Å². The zero-order chi connectivity index (χ0) is 21.1. The minimum absolute atomic E-state index is 0.0452. The van der Waals surface area contributed by atoms with Crippen LogP contribution in [0.3, 0.4) is 0 Å². The summed E-state index contributed by atoms with van der Waals surface area (Å²) in [4.78, 5) is 42.4. The van der Waals surface area contributed by atoms with E-state index in [0.29, 0.717) is 5.82 Å². The Morgan fingerprint density at radius 1 is 1.13 bits per heavy atom. The van der Waals surface area contributed by atoms with Crippen molar-refractivity contribution < 1.29 is 23.6 Å². The van der Waals surface area contributed by atoms with E-state index in [1.54, 1.807) is 0 Å². The third-order valence-electron chi connectivity index (χ3n) is 5.92. The van der Waals surface area contributed by atoms with Crippen LogP contribution in [0.2, 0.25) is 0 Å². The van der Waals surface area contributed by atoms with Crippen LogP contribution in [-0.4, -0.2) is 39.4 Å². The monoisotopic (exact) mass is 411 g/mol.